The molecule has 1 saturated carbocycles. The SMILES string of the molecule is CO[C@@H]1C[C@@H](C[C@@H](C)[C@@H]2CC(=O)[C@H](C)/C=C(\C)[C@@H](O)[C@@H](OC)C(=O)[C@H](C)C[C@H](C)/C=C/C=C/CC(C)[C@@H](O)C[C@@H]3CC[C@@H](C)[C@@](O)(O3)C(=O)C(=O)N3CCCC[C@H]3C(=O)O2)CC[C@H]1O. The number of amides is 1. The highest BCUT2D eigenvalue weighted by molar-refractivity contribution is 6.39. The first-order valence-corrected chi connectivity index (χ1v) is 23.9. The molecule has 3 aliphatic heterocycles. The first-order valence-electron chi connectivity index (χ1n) is 23.9. The van der Waals surface area contributed by atoms with Gasteiger partial charge in [-0.2, -0.15) is 0 Å². The lowest BCUT2D eigenvalue weighted by Gasteiger charge is -2.42. The van der Waals surface area contributed by atoms with Gasteiger partial charge in [-0.05, 0) is 113 Å². The van der Waals surface area contributed by atoms with Gasteiger partial charge in [0.15, 0.2) is 5.78 Å². The van der Waals surface area contributed by atoms with Gasteiger partial charge in [-0.25, -0.2) is 4.79 Å². The standard InChI is InChI=1S/C50H79NO13/c1-29-15-11-10-12-16-30(2)40(53)27-37-20-18-35(7)50(60,64-37)47(57)48(58)51-22-14-13-17-38(51)49(59)63-42(32(4)25-36-19-21-39(52)43(26-36)61-8)28-41(54)31(3)24-34(6)45(56)46(62-9)44(55)33(5)23-29/h10-12,15,24,29-33,35-40,42-43,45-46,52-53,56,60H,13-14,16-23,25-28H2,1-9H3/b12-10+,15-11+,34-24+/t29-,30?,31-,32-,33-,35-,36-,37+,38+,39-,40+,42+,43-,45-,46+,50-/m1/s1. The minimum Gasteiger partial charge on any atom is -0.460 e. The molecule has 0 aromatic rings. The number of carbonyl (C=O) groups excluding carboxylic acids is 5. The van der Waals surface area contributed by atoms with Crippen LogP contribution in [0.25, 0.3) is 0 Å². The number of aliphatic hydroxyl groups is 4. The van der Waals surface area contributed by atoms with Crippen molar-refractivity contribution in [2.45, 2.75) is 186 Å². The Balaban J connectivity index is 1.67. The molecule has 14 heteroatoms. The summed E-state index contributed by atoms with van der Waals surface area (Å²) in [6.45, 7) is 12.6. The summed E-state index contributed by atoms with van der Waals surface area (Å²) < 4.78 is 23.4. The van der Waals surface area contributed by atoms with E-state index in [1.165, 1.54) is 12.0 Å². The highest BCUT2D eigenvalue weighted by atomic mass is 16.6. The van der Waals surface area contributed by atoms with Gasteiger partial charge in [0.2, 0.25) is 5.79 Å². The Labute approximate surface area is 381 Å². The third-order valence-electron chi connectivity index (χ3n) is 14.5. The average Bonchev–Trinajstić information content (AvgIpc) is 3.26. The van der Waals surface area contributed by atoms with Crippen molar-refractivity contribution in [3.05, 3.63) is 36.0 Å². The smallest absolute Gasteiger partial charge is 0.329 e. The number of esters is 1. The van der Waals surface area contributed by atoms with E-state index in [0.717, 1.165) is 6.42 Å². The van der Waals surface area contributed by atoms with Crippen LogP contribution in [0.1, 0.15) is 132 Å². The average molecular weight is 902 g/mol. The third-order valence-corrected chi connectivity index (χ3v) is 14.5. The van der Waals surface area contributed by atoms with Crippen LogP contribution < -0.4 is 0 Å². The van der Waals surface area contributed by atoms with Gasteiger partial charge < -0.3 is 44.3 Å². The number of nitrogens with zero attached hydrogens (tertiary/aromatic N) is 1. The molecule has 3 fully saturated rings. The van der Waals surface area contributed by atoms with Gasteiger partial charge in [-0.1, -0.05) is 71.9 Å². The number of aliphatic hydroxyl groups excluding tert-OH is 3. The maximum atomic E-state index is 14.3. The van der Waals surface area contributed by atoms with Crippen LogP contribution in [0.5, 0.6) is 0 Å². The van der Waals surface area contributed by atoms with E-state index < -0.39 is 83.9 Å². The Kier molecular flexibility index (Phi) is 20.6. The van der Waals surface area contributed by atoms with E-state index in [9.17, 15) is 44.4 Å². The molecule has 1 amide bonds. The summed E-state index contributed by atoms with van der Waals surface area (Å²) in [6, 6.07) is -1.15. The van der Waals surface area contributed by atoms with Gasteiger partial charge in [0.05, 0.1) is 24.4 Å². The minimum atomic E-state index is -2.46. The number of ketones is 3. The molecule has 0 spiro atoms. The number of fused-ring (bicyclic) bond motifs is 3. The predicted molar refractivity (Wildman–Crippen MR) is 240 cm³/mol. The molecular formula is C50H79NO13. The zero-order chi connectivity index (χ0) is 47.5. The van der Waals surface area contributed by atoms with E-state index in [4.69, 9.17) is 18.9 Å². The lowest BCUT2D eigenvalue weighted by molar-refractivity contribution is -0.266. The van der Waals surface area contributed by atoms with Crippen molar-refractivity contribution in [3.63, 3.8) is 0 Å². The van der Waals surface area contributed by atoms with Gasteiger partial charge >= 0.3 is 5.97 Å². The highest BCUT2D eigenvalue weighted by Crippen LogP contribution is 2.37. The van der Waals surface area contributed by atoms with Gasteiger partial charge in [-0.3, -0.25) is 19.2 Å². The molecule has 0 radical (unpaired) electrons. The van der Waals surface area contributed by atoms with Crippen molar-refractivity contribution in [1.29, 1.82) is 0 Å². The normalized spacial score (nSPS) is 41.3. The van der Waals surface area contributed by atoms with Gasteiger partial charge in [0.1, 0.15) is 30.1 Å². The quantitative estimate of drug-likeness (QED) is 0.151. The molecule has 3 heterocycles. The van der Waals surface area contributed by atoms with Crippen molar-refractivity contribution in [1.82, 2.24) is 4.90 Å². The Morgan fingerprint density at radius 3 is 2.28 bits per heavy atom. The van der Waals surface area contributed by atoms with E-state index in [2.05, 4.69) is 0 Å². The molecule has 14 nitrogen and oxygen atoms in total. The van der Waals surface area contributed by atoms with Crippen molar-refractivity contribution < 1.29 is 63.3 Å². The maximum absolute atomic E-state index is 14.3. The predicted octanol–water partition coefficient (Wildman–Crippen LogP) is 5.61. The van der Waals surface area contributed by atoms with Crippen LogP contribution in [-0.2, 0) is 42.9 Å². The van der Waals surface area contributed by atoms with Crippen LogP contribution in [0.4, 0.5) is 0 Å². The number of rotatable bonds is 5. The first kappa shape index (κ1) is 53.5. The summed E-state index contributed by atoms with van der Waals surface area (Å²) in [7, 11) is 2.93. The molecule has 0 aromatic heterocycles. The van der Waals surface area contributed by atoms with E-state index >= 15 is 0 Å². The van der Waals surface area contributed by atoms with Crippen LogP contribution in [0, 0.1) is 41.4 Å². The minimum absolute atomic E-state index is 0.0158. The Hall–Kier alpha value is -3.11. The monoisotopic (exact) mass is 902 g/mol. The van der Waals surface area contributed by atoms with Gasteiger partial charge in [0, 0.05) is 44.9 Å². The number of piperidine rings is 1. The molecule has 0 aromatic carbocycles. The molecule has 2 saturated heterocycles. The summed E-state index contributed by atoms with van der Waals surface area (Å²) in [6.07, 6.45) is 9.00. The lowest BCUT2D eigenvalue weighted by Crippen LogP contribution is -2.61. The Bertz CT molecular complexity index is 1680. The summed E-state index contributed by atoms with van der Waals surface area (Å²) in [5.74, 6) is -8.31. The first-order chi connectivity index (χ1) is 30.2. The second kappa shape index (κ2) is 24.6. The molecule has 1 aliphatic carbocycles. The maximum Gasteiger partial charge on any atom is 0.329 e. The van der Waals surface area contributed by atoms with Crippen LogP contribution >= 0.6 is 0 Å². The fourth-order valence-corrected chi connectivity index (χ4v) is 10.1. The Morgan fingerprint density at radius 1 is 0.875 bits per heavy atom. The van der Waals surface area contributed by atoms with E-state index in [1.54, 1.807) is 40.9 Å². The van der Waals surface area contributed by atoms with Crippen molar-refractivity contribution >= 4 is 29.2 Å². The number of carbonyl (C=O) groups is 5. The van der Waals surface area contributed by atoms with Crippen molar-refractivity contribution in [2.75, 3.05) is 20.8 Å². The molecule has 16 atom stereocenters. The second-order valence-corrected chi connectivity index (χ2v) is 19.8. The number of ether oxygens (including phenoxy) is 4. The zero-order valence-electron chi connectivity index (χ0n) is 39.9. The van der Waals surface area contributed by atoms with Gasteiger partial charge in [-0.15, -0.1) is 0 Å². The lowest BCUT2D eigenvalue weighted by atomic mass is 9.78. The van der Waals surface area contributed by atoms with Crippen LogP contribution in [-0.4, -0.2) is 130 Å². The number of Topliss-reactive ketones (excluding diaryl/α,β-unsaturated/α-hetero) is 3. The van der Waals surface area contributed by atoms with Crippen molar-refractivity contribution in [3.8, 4) is 0 Å². The Morgan fingerprint density at radius 2 is 1.59 bits per heavy atom. The molecule has 4 N–H and O–H groups in total. The number of allylic oxidation sites excluding steroid dienone is 5. The highest BCUT2D eigenvalue weighted by Gasteiger charge is 2.53. The largest absolute Gasteiger partial charge is 0.460 e. The van der Waals surface area contributed by atoms with E-state index in [1.807, 2.05) is 45.1 Å². The molecule has 362 valence electrons. The van der Waals surface area contributed by atoms with Crippen LogP contribution in [0.15, 0.2) is 36.0 Å². The molecule has 4 rings (SSSR count). The molecule has 4 aliphatic rings. The number of hydrogen-bond donors (Lipinski definition) is 4. The van der Waals surface area contributed by atoms with E-state index in [-0.39, 0.29) is 67.1 Å². The summed E-state index contributed by atoms with van der Waals surface area (Å²) in [5.41, 5.74) is 0.382. The molecule has 2 bridgehead atoms. The molecular weight excluding hydrogens is 823 g/mol. The fraction of sp³-hybridized carbons (Fsp3) is 0.780. The van der Waals surface area contributed by atoms with Crippen LogP contribution in [0.2, 0.25) is 0 Å². The topological polar surface area (TPSA) is 206 Å². The van der Waals surface area contributed by atoms with Crippen molar-refractivity contribution in [2.24, 2.45) is 41.4 Å². The van der Waals surface area contributed by atoms with Gasteiger partial charge in [0.25, 0.3) is 11.7 Å². The fourth-order valence-electron chi connectivity index (χ4n) is 10.1. The molecule has 1 unspecified atom stereocenters. The number of cyclic esters (lactones) is 1. The van der Waals surface area contributed by atoms with E-state index in [0.29, 0.717) is 63.4 Å². The summed E-state index contributed by atoms with van der Waals surface area (Å²) in [5, 5.41) is 44.9. The molecule has 64 heavy (non-hydrogen) atoms. The van der Waals surface area contributed by atoms with Crippen LogP contribution in [0.3, 0.4) is 0 Å². The third kappa shape index (κ3) is 14.0. The number of methoxy groups -OCH3 is 2. The second-order valence-electron chi connectivity index (χ2n) is 19.8. The zero-order valence-corrected chi connectivity index (χ0v) is 39.9. The summed E-state index contributed by atoms with van der Waals surface area (Å²) >= 11 is 0. The summed E-state index contributed by atoms with van der Waals surface area (Å²) in [4.78, 5) is 71.5. The number of hydrogen-bond acceptors (Lipinski definition) is 13.